The van der Waals surface area contributed by atoms with Gasteiger partial charge >= 0.3 is 0 Å². The maximum absolute atomic E-state index is 5.22. The average Bonchev–Trinajstić information content (AvgIpc) is 3.65. The number of hydrogen-bond acceptors (Lipinski definition) is 4. The first-order valence-corrected chi connectivity index (χ1v) is 18.5. The van der Waals surface area contributed by atoms with E-state index in [0.29, 0.717) is 17.5 Å². The molecule has 0 spiro atoms. The quantitative estimate of drug-likeness (QED) is 0.179. The second-order valence-electron chi connectivity index (χ2n) is 13.9. The second-order valence-corrected chi connectivity index (χ2v) is 13.9. The summed E-state index contributed by atoms with van der Waals surface area (Å²) < 4.78 is 2.20. The Kier molecular flexibility index (Phi) is 7.10. The molecule has 5 nitrogen and oxygen atoms in total. The van der Waals surface area contributed by atoms with E-state index < -0.39 is 0 Å². The molecule has 0 saturated carbocycles. The minimum Gasteiger partial charge on any atom is -0.299 e. The van der Waals surface area contributed by atoms with Gasteiger partial charge in [0.15, 0.2) is 17.5 Å². The van der Waals surface area contributed by atoms with E-state index >= 15 is 0 Å². The molecular formula is C50H31N5. The molecule has 8 aromatic carbocycles. The van der Waals surface area contributed by atoms with E-state index in [9.17, 15) is 0 Å². The van der Waals surface area contributed by atoms with Crippen LogP contribution in [0.2, 0.25) is 0 Å². The SMILES string of the molecule is c1ccc2cc(-c3nc(-c4ccc5ccccc5c4)nc(-c4ccc(-c5c(-c6ccc7ccccc7c6)nc6ccccn56)c5ccccc45)n3)ccc2c1. The molecule has 5 heteroatoms. The number of pyridine rings is 1. The molecule has 11 aromatic rings. The standard InChI is InChI=1S/C50H31N5/c1-4-14-35-29-38(23-20-32(35)11-1)46-47(55-28-10-9-19-45(55)51-46)43-26-27-44(42-18-8-7-17-41(42)43)50-53-48(39-24-21-33-12-2-5-15-36(33)30-39)52-49(54-50)40-25-22-34-13-3-6-16-37(34)31-40/h1-31H. The van der Waals surface area contributed by atoms with Crippen molar-refractivity contribution in [3.8, 4) is 56.7 Å². The largest absolute Gasteiger partial charge is 0.299 e. The Labute approximate surface area is 316 Å². The number of fused-ring (bicyclic) bond motifs is 5. The lowest BCUT2D eigenvalue weighted by atomic mass is 9.94. The van der Waals surface area contributed by atoms with Crippen molar-refractivity contribution in [1.82, 2.24) is 24.3 Å². The maximum atomic E-state index is 5.22. The van der Waals surface area contributed by atoms with Gasteiger partial charge in [-0.3, -0.25) is 4.40 Å². The van der Waals surface area contributed by atoms with Gasteiger partial charge in [-0.25, -0.2) is 19.9 Å². The van der Waals surface area contributed by atoms with Crippen LogP contribution in [0.4, 0.5) is 0 Å². The molecule has 3 aromatic heterocycles. The molecular weight excluding hydrogens is 671 g/mol. The predicted molar refractivity (Wildman–Crippen MR) is 226 cm³/mol. The summed E-state index contributed by atoms with van der Waals surface area (Å²) in [5, 5.41) is 9.15. The maximum Gasteiger partial charge on any atom is 0.164 e. The van der Waals surface area contributed by atoms with Gasteiger partial charge in [0, 0.05) is 34.0 Å². The van der Waals surface area contributed by atoms with Crippen LogP contribution in [0, 0.1) is 0 Å². The molecule has 0 fully saturated rings. The lowest BCUT2D eigenvalue weighted by molar-refractivity contribution is 1.08. The Balaban J connectivity index is 1.13. The van der Waals surface area contributed by atoms with Crippen molar-refractivity contribution in [2.45, 2.75) is 0 Å². The normalized spacial score (nSPS) is 11.6. The summed E-state index contributed by atoms with van der Waals surface area (Å²) in [4.78, 5) is 20.8. The third kappa shape index (κ3) is 5.33. The van der Waals surface area contributed by atoms with Crippen molar-refractivity contribution in [2.75, 3.05) is 0 Å². The van der Waals surface area contributed by atoms with Gasteiger partial charge in [-0.05, 0) is 79.5 Å². The molecule has 0 aliphatic carbocycles. The van der Waals surface area contributed by atoms with Crippen LogP contribution in [0.3, 0.4) is 0 Å². The summed E-state index contributed by atoms with van der Waals surface area (Å²) in [5.74, 6) is 1.89. The first-order chi connectivity index (χ1) is 27.2. The van der Waals surface area contributed by atoms with Gasteiger partial charge < -0.3 is 0 Å². The number of aromatic nitrogens is 5. The third-order valence-corrected chi connectivity index (χ3v) is 10.6. The minimum atomic E-state index is 0.622. The molecule has 11 rings (SSSR count). The van der Waals surface area contributed by atoms with Crippen LogP contribution >= 0.6 is 0 Å². The first-order valence-electron chi connectivity index (χ1n) is 18.5. The highest BCUT2D eigenvalue weighted by Gasteiger charge is 2.21. The number of imidazole rings is 1. The van der Waals surface area contributed by atoms with E-state index in [-0.39, 0.29) is 0 Å². The summed E-state index contributed by atoms with van der Waals surface area (Å²) in [6.45, 7) is 0. The Morgan fingerprint density at radius 1 is 0.327 bits per heavy atom. The highest BCUT2D eigenvalue weighted by molar-refractivity contribution is 6.06. The number of rotatable bonds is 5. The summed E-state index contributed by atoms with van der Waals surface area (Å²) in [6.07, 6.45) is 2.10. The van der Waals surface area contributed by atoms with E-state index in [4.69, 9.17) is 19.9 Å². The molecule has 0 aliphatic rings. The molecule has 0 bridgehead atoms. The predicted octanol–water partition coefficient (Wildman–Crippen LogP) is 12.5. The van der Waals surface area contributed by atoms with E-state index in [0.717, 1.165) is 66.4 Å². The van der Waals surface area contributed by atoms with Gasteiger partial charge in [0.05, 0.1) is 11.4 Å². The molecule has 0 unspecified atom stereocenters. The van der Waals surface area contributed by atoms with Crippen LogP contribution in [0.1, 0.15) is 0 Å². The van der Waals surface area contributed by atoms with Crippen molar-refractivity contribution in [3.05, 3.63) is 188 Å². The average molecular weight is 702 g/mol. The van der Waals surface area contributed by atoms with Crippen molar-refractivity contribution in [2.24, 2.45) is 0 Å². The molecule has 0 atom stereocenters. The van der Waals surface area contributed by atoms with Crippen LogP contribution in [0.5, 0.6) is 0 Å². The van der Waals surface area contributed by atoms with Crippen LogP contribution in [0.25, 0.3) is 105 Å². The molecule has 0 amide bonds. The fourth-order valence-electron chi connectivity index (χ4n) is 7.90. The first kappa shape index (κ1) is 31.1. The Morgan fingerprint density at radius 2 is 0.782 bits per heavy atom. The lowest BCUT2D eigenvalue weighted by Crippen LogP contribution is -2.01. The van der Waals surface area contributed by atoms with Gasteiger partial charge in [-0.2, -0.15) is 0 Å². The van der Waals surface area contributed by atoms with Gasteiger partial charge in [0.1, 0.15) is 5.65 Å². The number of nitrogens with zero attached hydrogens (tertiary/aromatic N) is 5. The highest BCUT2D eigenvalue weighted by Crippen LogP contribution is 2.41. The smallest absolute Gasteiger partial charge is 0.164 e. The zero-order valence-corrected chi connectivity index (χ0v) is 29.6. The summed E-state index contributed by atoms with van der Waals surface area (Å²) in [6, 6.07) is 63.7. The van der Waals surface area contributed by atoms with Gasteiger partial charge in [-0.15, -0.1) is 0 Å². The zero-order valence-electron chi connectivity index (χ0n) is 29.6. The van der Waals surface area contributed by atoms with E-state index in [1.807, 2.05) is 6.07 Å². The fraction of sp³-hybridized carbons (Fsp3) is 0. The molecule has 0 aliphatic heterocycles. The molecule has 0 N–H and O–H groups in total. The van der Waals surface area contributed by atoms with E-state index in [2.05, 4.69) is 187 Å². The molecule has 256 valence electrons. The van der Waals surface area contributed by atoms with Crippen LogP contribution in [-0.4, -0.2) is 24.3 Å². The second kappa shape index (κ2) is 12.6. The molecule has 3 heterocycles. The van der Waals surface area contributed by atoms with Crippen LogP contribution in [0.15, 0.2) is 188 Å². The minimum absolute atomic E-state index is 0.622. The number of hydrogen-bond donors (Lipinski definition) is 0. The zero-order chi connectivity index (χ0) is 36.3. The molecule has 0 saturated heterocycles. The Bertz CT molecular complexity index is 3190. The van der Waals surface area contributed by atoms with Gasteiger partial charge in [0.2, 0.25) is 0 Å². The lowest BCUT2D eigenvalue weighted by Gasteiger charge is -2.14. The summed E-state index contributed by atoms with van der Waals surface area (Å²) >= 11 is 0. The summed E-state index contributed by atoms with van der Waals surface area (Å²) in [7, 11) is 0. The third-order valence-electron chi connectivity index (χ3n) is 10.6. The summed E-state index contributed by atoms with van der Waals surface area (Å²) in [5.41, 5.74) is 7.85. The Morgan fingerprint density at radius 3 is 1.38 bits per heavy atom. The highest BCUT2D eigenvalue weighted by atomic mass is 15.0. The van der Waals surface area contributed by atoms with Gasteiger partial charge in [-0.1, -0.05) is 146 Å². The van der Waals surface area contributed by atoms with Crippen molar-refractivity contribution in [3.63, 3.8) is 0 Å². The fourth-order valence-corrected chi connectivity index (χ4v) is 7.90. The number of benzene rings is 8. The van der Waals surface area contributed by atoms with Crippen LogP contribution in [-0.2, 0) is 0 Å². The van der Waals surface area contributed by atoms with Crippen molar-refractivity contribution in [1.29, 1.82) is 0 Å². The Hall–Kier alpha value is -7.50. The van der Waals surface area contributed by atoms with E-state index in [1.165, 1.54) is 21.5 Å². The van der Waals surface area contributed by atoms with Crippen LogP contribution < -0.4 is 0 Å². The molecule has 0 radical (unpaired) electrons. The van der Waals surface area contributed by atoms with Crippen molar-refractivity contribution >= 4 is 48.7 Å². The van der Waals surface area contributed by atoms with Crippen molar-refractivity contribution < 1.29 is 0 Å². The van der Waals surface area contributed by atoms with E-state index in [1.54, 1.807) is 0 Å². The topological polar surface area (TPSA) is 56.0 Å². The van der Waals surface area contributed by atoms with Gasteiger partial charge in [0.25, 0.3) is 0 Å². The molecule has 55 heavy (non-hydrogen) atoms. The monoisotopic (exact) mass is 701 g/mol.